The fraction of sp³-hybridized carbons (Fsp3) is 0.438. The maximum atomic E-state index is 11.8. The minimum absolute atomic E-state index is 0.173. The zero-order valence-electron chi connectivity index (χ0n) is 12.8. The van der Waals surface area contributed by atoms with E-state index < -0.39 is 10.0 Å². The van der Waals surface area contributed by atoms with Gasteiger partial charge < -0.3 is 0 Å². The predicted molar refractivity (Wildman–Crippen MR) is 89.7 cm³/mol. The molecule has 0 bridgehead atoms. The topological polar surface area (TPSA) is 50.3 Å². The Morgan fingerprint density at radius 2 is 1.82 bits per heavy atom. The molecule has 4 nitrogen and oxygen atoms in total. The molecule has 0 aliphatic carbocycles. The second kappa shape index (κ2) is 5.76. The van der Waals surface area contributed by atoms with E-state index in [-0.39, 0.29) is 5.41 Å². The lowest BCUT2D eigenvalue weighted by Crippen LogP contribution is -2.45. The molecular weight excluding hydrogens is 316 g/mol. The van der Waals surface area contributed by atoms with E-state index in [1.165, 1.54) is 11.8 Å². The van der Waals surface area contributed by atoms with Crippen LogP contribution in [0.5, 0.6) is 0 Å². The molecule has 1 fully saturated rings. The van der Waals surface area contributed by atoms with E-state index in [2.05, 4.69) is 17.5 Å². The van der Waals surface area contributed by atoms with Crippen molar-refractivity contribution in [2.45, 2.75) is 25.2 Å². The molecule has 1 aliphatic rings. The number of hydrogen-bond acceptors (Lipinski definition) is 4. The van der Waals surface area contributed by atoms with Gasteiger partial charge >= 0.3 is 0 Å². The van der Waals surface area contributed by atoms with Crippen LogP contribution in [0, 0.1) is 6.92 Å². The average Bonchev–Trinajstić information content (AvgIpc) is 2.94. The standard InChI is InChI=1S/C16H20N2O2S2/c1-13-17-15(12-21-13)16(14-6-4-3-5-7-14)8-10-18(11-9-16)22(2,19)20/h3-7,12H,8-11H2,1-2H3. The minimum atomic E-state index is -3.12. The summed E-state index contributed by atoms with van der Waals surface area (Å²) in [6.45, 7) is 3.10. The van der Waals surface area contributed by atoms with Crippen molar-refractivity contribution >= 4 is 21.4 Å². The number of sulfonamides is 1. The number of thiazole rings is 1. The summed E-state index contributed by atoms with van der Waals surface area (Å²) < 4.78 is 25.2. The summed E-state index contributed by atoms with van der Waals surface area (Å²) in [5.41, 5.74) is 2.13. The van der Waals surface area contributed by atoms with Crippen LogP contribution in [0.1, 0.15) is 29.1 Å². The van der Waals surface area contributed by atoms with Gasteiger partial charge in [0.25, 0.3) is 0 Å². The molecule has 0 saturated carbocycles. The van der Waals surface area contributed by atoms with Gasteiger partial charge in [-0.05, 0) is 25.3 Å². The second-order valence-corrected chi connectivity index (χ2v) is 8.91. The van der Waals surface area contributed by atoms with Gasteiger partial charge in [-0.25, -0.2) is 17.7 Å². The van der Waals surface area contributed by atoms with E-state index in [0.717, 1.165) is 23.5 Å². The van der Waals surface area contributed by atoms with Gasteiger partial charge in [0.2, 0.25) is 10.0 Å². The molecule has 0 amide bonds. The largest absolute Gasteiger partial charge is 0.246 e. The monoisotopic (exact) mass is 336 g/mol. The highest BCUT2D eigenvalue weighted by atomic mass is 32.2. The number of benzene rings is 1. The first-order chi connectivity index (χ1) is 10.4. The van der Waals surface area contributed by atoms with Crippen molar-refractivity contribution in [3.8, 4) is 0 Å². The Kier molecular flexibility index (Phi) is 4.09. The average molecular weight is 336 g/mol. The molecule has 6 heteroatoms. The normalized spacial score (nSPS) is 19.2. The quantitative estimate of drug-likeness (QED) is 0.866. The van der Waals surface area contributed by atoms with Gasteiger partial charge in [-0.15, -0.1) is 11.3 Å². The Hall–Kier alpha value is -1.24. The van der Waals surface area contributed by atoms with Crippen molar-refractivity contribution in [1.29, 1.82) is 0 Å². The van der Waals surface area contributed by atoms with Crippen molar-refractivity contribution in [1.82, 2.24) is 9.29 Å². The number of rotatable bonds is 3. The van der Waals surface area contributed by atoms with E-state index in [9.17, 15) is 8.42 Å². The van der Waals surface area contributed by atoms with Crippen LogP contribution in [-0.2, 0) is 15.4 Å². The van der Waals surface area contributed by atoms with Gasteiger partial charge in [0.1, 0.15) is 0 Å². The highest BCUT2D eigenvalue weighted by molar-refractivity contribution is 7.88. The maximum absolute atomic E-state index is 11.8. The molecule has 1 aliphatic heterocycles. The Morgan fingerprint density at radius 3 is 2.32 bits per heavy atom. The van der Waals surface area contributed by atoms with Crippen LogP contribution in [0.15, 0.2) is 35.7 Å². The van der Waals surface area contributed by atoms with E-state index in [1.54, 1.807) is 15.6 Å². The van der Waals surface area contributed by atoms with Crippen molar-refractivity contribution < 1.29 is 8.42 Å². The van der Waals surface area contributed by atoms with Gasteiger partial charge in [0.15, 0.2) is 0 Å². The second-order valence-electron chi connectivity index (χ2n) is 5.86. The van der Waals surface area contributed by atoms with Gasteiger partial charge in [0.05, 0.1) is 17.0 Å². The molecular formula is C16H20N2O2S2. The molecule has 22 heavy (non-hydrogen) atoms. The van der Waals surface area contributed by atoms with E-state index >= 15 is 0 Å². The van der Waals surface area contributed by atoms with Crippen LogP contribution in [0.25, 0.3) is 0 Å². The molecule has 0 spiro atoms. The fourth-order valence-electron chi connectivity index (χ4n) is 3.23. The van der Waals surface area contributed by atoms with Crippen molar-refractivity contribution in [2.75, 3.05) is 19.3 Å². The van der Waals surface area contributed by atoms with Gasteiger partial charge in [0, 0.05) is 23.9 Å². The number of aromatic nitrogens is 1. The highest BCUT2D eigenvalue weighted by Gasteiger charge is 2.41. The smallest absolute Gasteiger partial charge is 0.211 e. The van der Waals surface area contributed by atoms with Crippen LogP contribution in [0.3, 0.4) is 0 Å². The molecule has 0 atom stereocenters. The molecule has 0 radical (unpaired) electrons. The van der Waals surface area contributed by atoms with Gasteiger partial charge in [-0.3, -0.25) is 0 Å². The summed E-state index contributed by atoms with van der Waals surface area (Å²) in [5.74, 6) is 0. The van der Waals surface area contributed by atoms with Gasteiger partial charge in [-0.2, -0.15) is 0 Å². The Labute approximate surface area is 135 Å². The van der Waals surface area contributed by atoms with Crippen molar-refractivity contribution in [3.63, 3.8) is 0 Å². The van der Waals surface area contributed by atoms with E-state index in [4.69, 9.17) is 4.98 Å². The molecule has 2 heterocycles. The Balaban J connectivity index is 2.00. The molecule has 118 valence electrons. The molecule has 0 N–H and O–H groups in total. The molecule has 3 rings (SSSR count). The summed E-state index contributed by atoms with van der Waals surface area (Å²) in [5, 5.41) is 3.18. The van der Waals surface area contributed by atoms with E-state index in [1.807, 2.05) is 25.1 Å². The van der Waals surface area contributed by atoms with Gasteiger partial charge in [-0.1, -0.05) is 30.3 Å². The van der Waals surface area contributed by atoms with E-state index in [0.29, 0.717) is 13.1 Å². The van der Waals surface area contributed by atoms with Crippen molar-refractivity contribution in [2.24, 2.45) is 0 Å². The molecule has 2 aromatic rings. The summed E-state index contributed by atoms with van der Waals surface area (Å²) in [6.07, 6.45) is 2.83. The molecule has 1 saturated heterocycles. The first-order valence-electron chi connectivity index (χ1n) is 7.35. The first-order valence-corrected chi connectivity index (χ1v) is 10.1. The SMILES string of the molecule is Cc1nc(C2(c3ccccc3)CCN(S(C)(=O)=O)CC2)cs1. The molecule has 1 aromatic carbocycles. The minimum Gasteiger partial charge on any atom is -0.246 e. The highest BCUT2D eigenvalue weighted by Crippen LogP contribution is 2.42. The number of hydrogen-bond donors (Lipinski definition) is 0. The number of aryl methyl sites for hydroxylation is 1. The van der Waals surface area contributed by atoms with Crippen LogP contribution in [0.4, 0.5) is 0 Å². The lowest BCUT2D eigenvalue weighted by atomic mass is 9.71. The Morgan fingerprint density at radius 1 is 1.18 bits per heavy atom. The third kappa shape index (κ3) is 2.83. The van der Waals surface area contributed by atoms with Crippen LogP contribution < -0.4 is 0 Å². The van der Waals surface area contributed by atoms with Crippen molar-refractivity contribution in [3.05, 3.63) is 52.0 Å². The molecule has 1 aromatic heterocycles. The summed E-state index contributed by atoms with van der Waals surface area (Å²) in [4.78, 5) is 4.72. The van der Waals surface area contributed by atoms with Crippen LogP contribution in [0.2, 0.25) is 0 Å². The maximum Gasteiger partial charge on any atom is 0.211 e. The lowest BCUT2D eigenvalue weighted by molar-refractivity contribution is 0.263. The number of nitrogens with zero attached hydrogens (tertiary/aromatic N) is 2. The van der Waals surface area contributed by atoms with Crippen LogP contribution in [-0.4, -0.2) is 37.1 Å². The Bertz CT molecular complexity index is 745. The third-order valence-electron chi connectivity index (χ3n) is 4.48. The summed E-state index contributed by atoms with van der Waals surface area (Å²) in [7, 11) is -3.12. The summed E-state index contributed by atoms with van der Waals surface area (Å²) >= 11 is 1.65. The first kappa shape index (κ1) is 15.6. The predicted octanol–water partition coefficient (Wildman–Crippen LogP) is 2.79. The number of piperidine rings is 1. The summed E-state index contributed by atoms with van der Waals surface area (Å²) in [6, 6.07) is 10.4. The zero-order valence-corrected chi connectivity index (χ0v) is 14.5. The van der Waals surface area contributed by atoms with Crippen LogP contribution >= 0.6 is 11.3 Å². The third-order valence-corrected chi connectivity index (χ3v) is 6.56. The fourth-order valence-corrected chi connectivity index (χ4v) is 4.79. The molecule has 0 unspecified atom stereocenters. The lowest BCUT2D eigenvalue weighted by Gasteiger charge is -2.40. The zero-order chi connectivity index (χ0) is 15.8.